The zero-order valence-corrected chi connectivity index (χ0v) is 19.1. The molecule has 1 amide bonds. The predicted octanol–water partition coefficient (Wildman–Crippen LogP) is 5.54. The number of ether oxygens (including phenoxy) is 2. The molecule has 0 saturated heterocycles. The number of carbonyl (C=O) groups is 1. The van der Waals surface area contributed by atoms with Crippen molar-refractivity contribution in [3.63, 3.8) is 0 Å². The first-order chi connectivity index (χ1) is 15.6. The maximum Gasteiger partial charge on any atom is 0.248 e. The molecule has 0 radical (unpaired) electrons. The molecule has 0 unspecified atom stereocenters. The number of hydrogen-bond donors (Lipinski definition) is 0. The van der Waals surface area contributed by atoms with E-state index in [0.29, 0.717) is 13.2 Å². The van der Waals surface area contributed by atoms with Crippen molar-refractivity contribution in [1.29, 1.82) is 0 Å². The molecular weight excluding hydrogens is 398 g/mol. The highest BCUT2D eigenvalue weighted by Crippen LogP contribution is 2.34. The van der Waals surface area contributed by atoms with Crippen LogP contribution in [0.25, 0.3) is 11.1 Å². The zero-order valence-electron chi connectivity index (χ0n) is 19.1. The van der Waals surface area contributed by atoms with Gasteiger partial charge in [0.2, 0.25) is 5.91 Å². The number of amides is 1. The van der Waals surface area contributed by atoms with Gasteiger partial charge in [-0.05, 0) is 46.4 Å². The predicted molar refractivity (Wildman–Crippen MR) is 131 cm³/mol. The third-order valence-corrected chi connectivity index (χ3v) is 5.37. The summed E-state index contributed by atoms with van der Waals surface area (Å²) >= 11 is 0. The van der Waals surface area contributed by atoms with Crippen LogP contribution in [-0.4, -0.2) is 44.7 Å². The molecule has 0 N–H and O–H groups in total. The highest BCUT2D eigenvalue weighted by Gasteiger charge is 2.13. The summed E-state index contributed by atoms with van der Waals surface area (Å²) in [5, 5.41) is 0. The fraction of sp³-hybridized carbons (Fsp3) is 0.250. The number of likely N-dealkylation sites (N-methyl/N-ethyl adjacent to an activating group) is 1. The van der Waals surface area contributed by atoms with E-state index in [1.807, 2.05) is 24.3 Å². The van der Waals surface area contributed by atoms with Gasteiger partial charge in [0.05, 0.1) is 6.54 Å². The minimum atomic E-state index is -0.0582. The van der Waals surface area contributed by atoms with Gasteiger partial charge in [-0.25, -0.2) is 0 Å². The Morgan fingerprint density at radius 3 is 1.94 bits per heavy atom. The molecule has 0 spiro atoms. The maximum absolute atomic E-state index is 11.8. The number of nitrogens with zero attached hydrogens (tertiary/aromatic N) is 1. The Morgan fingerprint density at radius 1 is 0.812 bits per heavy atom. The Kier molecular flexibility index (Phi) is 8.64. The van der Waals surface area contributed by atoms with E-state index in [9.17, 15) is 4.79 Å². The molecule has 4 nitrogen and oxygen atoms in total. The van der Waals surface area contributed by atoms with Crippen molar-refractivity contribution in [1.82, 2.24) is 4.90 Å². The zero-order chi connectivity index (χ0) is 22.8. The van der Waals surface area contributed by atoms with Crippen molar-refractivity contribution in [3.05, 3.63) is 102 Å². The van der Waals surface area contributed by atoms with Crippen molar-refractivity contribution >= 4 is 17.1 Å². The topological polar surface area (TPSA) is 38.8 Å². The largest absolute Gasteiger partial charge is 0.492 e. The van der Waals surface area contributed by atoms with Gasteiger partial charge in [0, 0.05) is 14.2 Å². The molecule has 0 aliphatic carbocycles. The van der Waals surface area contributed by atoms with Crippen LogP contribution in [-0.2, 0) is 9.53 Å². The minimum Gasteiger partial charge on any atom is -0.492 e. The van der Waals surface area contributed by atoms with Crippen molar-refractivity contribution in [2.75, 3.05) is 33.9 Å². The molecule has 0 bridgehead atoms. The third kappa shape index (κ3) is 6.08. The van der Waals surface area contributed by atoms with E-state index in [2.05, 4.69) is 67.6 Å². The molecule has 0 aliphatic rings. The monoisotopic (exact) mass is 429 g/mol. The van der Waals surface area contributed by atoms with E-state index in [1.54, 1.807) is 11.9 Å². The van der Waals surface area contributed by atoms with Gasteiger partial charge in [0.1, 0.15) is 19.0 Å². The SMILES string of the molecule is CC/C(=C(\c1ccccc1)c1ccc(OCCN(C)C(=O)COC)cc1)c1ccccc1. The van der Waals surface area contributed by atoms with Gasteiger partial charge in [-0.1, -0.05) is 79.7 Å². The normalized spacial score (nSPS) is 11.6. The smallest absolute Gasteiger partial charge is 0.248 e. The number of hydrogen-bond acceptors (Lipinski definition) is 3. The summed E-state index contributed by atoms with van der Waals surface area (Å²) < 4.78 is 10.8. The van der Waals surface area contributed by atoms with Crippen LogP contribution < -0.4 is 4.74 Å². The van der Waals surface area contributed by atoms with E-state index >= 15 is 0 Å². The van der Waals surface area contributed by atoms with E-state index < -0.39 is 0 Å². The van der Waals surface area contributed by atoms with Crippen molar-refractivity contribution in [2.45, 2.75) is 13.3 Å². The number of carbonyl (C=O) groups excluding carboxylic acids is 1. The second kappa shape index (κ2) is 11.9. The molecule has 0 saturated carbocycles. The average molecular weight is 430 g/mol. The van der Waals surface area contributed by atoms with Gasteiger partial charge in [-0.3, -0.25) is 4.79 Å². The maximum atomic E-state index is 11.8. The lowest BCUT2D eigenvalue weighted by atomic mass is 9.88. The summed E-state index contributed by atoms with van der Waals surface area (Å²) in [5.41, 5.74) is 6.12. The van der Waals surface area contributed by atoms with Crippen LogP contribution in [0.1, 0.15) is 30.0 Å². The highest BCUT2D eigenvalue weighted by atomic mass is 16.5. The molecular formula is C28H31NO3. The van der Waals surface area contributed by atoms with Crippen LogP contribution in [0.4, 0.5) is 0 Å². The molecule has 0 aliphatic heterocycles. The van der Waals surface area contributed by atoms with Crippen LogP contribution in [0.5, 0.6) is 5.75 Å². The lowest BCUT2D eigenvalue weighted by molar-refractivity contribution is -0.134. The summed E-state index contributed by atoms with van der Waals surface area (Å²) in [5.74, 6) is 0.726. The van der Waals surface area contributed by atoms with Crippen LogP contribution in [0, 0.1) is 0 Å². The summed E-state index contributed by atoms with van der Waals surface area (Å²) in [6.07, 6.45) is 0.925. The van der Waals surface area contributed by atoms with Crippen LogP contribution in [0.3, 0.4) is 0 Å². The van der Waals surface area contributed by atoms with Crippen molar-refractivity contribution < 1.29 is 14.3 Å². The number of benzene rings is 3. The van der Waals surface area contributed by atoms with E-state index in [-0.39, 0.29) is 12.5 Å². The summed E-state index contributed by atoms with van der Waals surface area (Å²) in [4.78, 5) is 13.4. The molecule has 166 valence electrons. The second-order valence-electron chi connectivity index (χ2n) is 7.56. The minimum absolute atomic E-state index is 0.0582. The Hall–Kier alpha value is -3.37. The average Bonchev–Trinajstić information content (AvgIpc) is 2.84. The van der Waals surface area contributed by atoms with Crippen LogP contribution in [0.15, 0.2) is 84.9 Å². The number of allylic oxidation sites excluding steroid dienone is 1. The molecule has 3 aromatic rings. The van der Waals surface area contributed by atoms with Crippen LogP contribution >= 0.6 is 0 Å². The summed E-state index contributed by atoms with van der Waals surface area (Å²) in [6, 6.07) is 29.3. The fourth-order valence-corrected chi connectivity index (χ4v) is 3.66. The third-order valence-electron chi connectivity index (χ3n) is 5.37. The quantitative estimate of drug-likeness (QED) is 0.397. The van der Waals surface area contributed by atoms with Crippen molar-refractivity contribution in [2.24, 2.45) is 0 Å². The van der Waals surface area contributed by atoms with E-state index in [1.165, 1.54) is 29.4 Å². The van der Waals surface area contributed by atoms with E-state index in [4.69, 9.17) is 9.47 Å². The van der Waals surface area contributed by atoms with Gasteiger partial charge in [-0.15, -0.1) is 0 Å². The van der Waals surface area contributed by atoms with Gasteiger partial charge in [0.25, 0.3) is 0 Å². The fourth-order valence-electron chi connectivity index (χ4n) is 3.66. The molecule has 0 heterocycles. The van der Waals surface area contributed by atoms with Gasteiger partial charge in [0.15, 0.2) is 0 Å². The van der Waals surface area contributed by atoms with Gasteiger partial charge < -0.3 is 14.4 Å². The molecule has 4 heteroatoms. The van der Waals surface area contributed by atoms with Gasteiger partial charge in [-0.2, -0.15) is 0 Å². The van der Waals surface area contributed by atoms with Gasteiger partial charge >= 0.3 is 0 Å². The molecule has 32 heavy (non-hydrogen) atoms. The molecule has 0 atom stereocenters. The summed E-state index contributed by atoms with van der Waals surface area (Å²) in [6.45, 7) is 3.22. The lowest BCUT2D eigenvalue weighted by Gasteiger charge is -2.18. The molecule has 0 aromatic heterocycles. The lowest BCUT2D eigenvalue weighted by Crippen LogP contribution is -2.33. The molecule has 3 aromatic carbocycles. The molecule has 0 fully saturated rings. The first-order valence-corrected chi connectivity index (χ1v) is 10.9. The highest BCUT2D eigenvalue weighted by molar-refractivity contribution is 5.98. The number of rotatable bonds is 10. The molecule has 3 rings (SSSR count). The Bertz CT molecular complexity index is 1010. The summed E-state index contributed by atoms with van der Waals surface area (Å²) in [7, 11) is 3.27. The van der Waals surface area contributed by atoms with Crippen molar-refractivity contribution in [3.8, 4) is 5.75 Å². The standard InChI is InChI=1S/C28H31NO3/c1-4-26(22-11-7-5-8-12-22)28(23-13-9-6-10-14-23)24-15-17-25(18-16-24)32-20-19-29(2)27(30)21-31-3/h5-18H,4,19-21H2,1-3H3/b28-26-. The second-order valence-corrected chi connectivity index (χ2v) is 7.56. The Morgan fingerprint density at radius 2 is 1.38 bits per heavy atom. The number of methoxy groups -OCH3 is 1. The Labute approximate surface area is 191 Å². The first kappa shape index (κ1) is 23.3. The van der Waals surface area contributed by atoms with E-state index in [0.717, 1.165) is 17.7 Å². The Balaban J connectivity index is 1.83. The first-order valence-electron chi connectivity index (χ1n) is 10.9. The van der Waals surface area contributed by atoms with Crippen LogP contribution in [0.2, 0.25) is 0 Å².